The second kappa shape index (κ2) is 5.73. The van der Waals surface area contributed by atoms with Gasteiger partial charge in [0.1, 0.15) is 0 Å². The highest BCUT2D eigenvalue weighted by atomic mass is 16.1. The van der Waals surface area contributed by atoms with Crippen LogP contribution in [0.3, 0.4) is 0 Å². The molecule has 1 aromatic rings. The highest BCUT2D eigenvalue weighted by Gasteiger charge is 2.23. The highest BCUT2D eigenvalue weighted by Crippen LogP contribution is 2.26. The number of hydrogen-bond donors (Lipinski definition) is 1. The Kier molecular flexibility index (Phi) is 3.81. The molecule has 20 heavy (non-hydrogen) atoms. The van der Waals surface area contributed by atoms with Crippen LogP contribution in [0.5, 0.6) is 0 Å². The normalized spacial score (nSPS) is 20.4. The number of nitrogens with zero attached hydrogens (tertiary/aromatic N) is 2. The van der Waals surface area contributed by atoms with E-state index in [0.717, 1.165) is 25.9 Å². The smallest absolute Gasteiger partial charge is 0.220 e. The average molecular weight is 273 g/mol. The van der Waals surface area contributed by atoms with E-state index in [1.54, 1.807) is 0 Å². The number of amides is 1. The minimum atomic E-state index is -0.144. The summed E-state index contributed by atoms with van der Waals surface area (Å²) >= 11 is 0. The quantitative estimate of drug-likeness (QED) is 0.916. The van der Waals surface area contributed by atoms with Gasteiger partial charge < -0.3 is 15.5 Å². The first-order chi connectivity index (χ1) is 9.74. The van der Waals surface area contributed by atoms with Crippen LogP contribution in [0.25, 0.3) is 0 Å². The third kappa shape index (κ3) is 2.74. The number of anilines is 2. The monoisotopic (exact) mass is 273 g/mol. The maximum absolute atomic E-state index is 11.2. The molecule has 4 nitrogen and oxygen atoms in total. The number of rotatable bonds is 3. The number of piperidine rings is 1. The van der Waals surface area contributed by atoms with Gasteiger partial charge in [-0.2, -0.15) is 0 Å². The Morgan fingerprint density at radius 3 is 1.80 bits per heavy atom. The minimum Gasteiger partial charge on any atom is -0.372 e. The first-order valence-corrected chi connectivity index (χ1v) is 7.63. The van der Waals surface area contributed by atoms with Gasteiger partial charge in [0.25, 0.3) is 0 Å². The molecule has 108 valence electrons. The zero-order chi connectivity index (χ0) is 13.9. The molecule has 2 saturated heterocycles. The Labute approximate surface area is 120 Å². The van der Waals surface area contributed by atoms with Gasteiger partial charge >= 0.3 is 0 Å². The highest BCUT2D eigenvalue weighted by molar-refractivity contribution is 5.77. The molecule has 1 amide bonds. The van der Waals surface area contributed by atoms with E-state index in [9.17, 15) is 4.79 Å². The summed E-state index contributed by atoms with van der Waals surface area (Å²) in [6, 6.07) is 8.86. The number of nitrogens with two attached hydrogens (primary N) is 1. The topological polar surface area (TPSA) is 49.6 Å². The Morgan fingerprint density at radius 1 is 0.900 bits per heavy atom. The SMILES string of the molecule is NC(=O)C1CCN(c2ccc(N3CCCC3)cc2)CC1. The minimum absolute atomic E-state index is 0.0649. The molecule has 1 aromatic carbocycles. The molecule has 2 N–H and O–H groups in total. The zero-order valence-electron chi connectivity index (χ0n) is 11.9. The van der Waals surface area contributed by atoms with Crippen molar-refractivity contribution < 1.29 is 4.79 Å². The largest absolute Gasteiger partial charge is 0.372 e. The van der Waals surface area contributed by atoms with Gasteiger partial charge in [0.05, 0.1) is 0 Å². The summed E-state index contributed by atoms with van der Waals surface area (Å²) in [5.74, 6) is -0.0795. The third-order valence-corrected chi connectivity index (χ3v) is 4.58. The molecule has 0 atom stereocenters. The number of carbonyl (C=O) groups excluding carboxylic acids is 1. The predicted octanol–water partition coefficient (Wildman–Crippen LogP) is 1.99. The van der Waals surface area contributed by atoms with E-state index in [1.165, 1.54) is 37.3 Å². The van der Waals surface area contributed by atoms with Crippen LogP contribution in [0.1, 0.15) is 25.7 Å². The Hall–Kier alpha value is -1.71. The van der Waals surface area contributed by atoms with Gasteiger partial charge in [-0.15, -0.1) is 0 Å². The van der Waals surface area contributed by atoms with Gasteiger partial charge in [0.2, 0.25) is 5.91 Å². The third-order valence-electron chi connectivity index (χ3n) is 4.58. The van der Waals surface area contributed by atoms with E-state index in [-0.39, 0.29) is 11.8 Å². The van der Waals surface area contributed by atoms with Crippen molar-refractivity contribution in [2.75, 3.05) is 36.0 Å². The fourth-order valence-electron chi connectivity index (χ4n) is 3.27. The van der Waals surface area contributed by atoms with Crippen molar-refractivity contribution in [3.8, 4) is 0 Å². The van der Waals surface area contributed by atoms with Crippen LogP contribution in [0.15, 0.2) is 24.3 Å². The molecule has 0 unspecified atom stereocenters. The summed E-state index contributed by atoms with van der Waals surface area (Å²) in [5, 5.41) is 0. The second-order valence-electron chi connectivity index (χ2n) is 5.87. The van der Waals surface area contributed by atoms with Crippen LogP contribution in [0.2, 0.25) is 0 Å². The van der Waals surface area contributed by atoms with Crippen LogP contribution < -0.4 is 15.5 Å². The Morgan fingerprint density at radius 2 is 1.35 bits per heavy atom. The van der Waals surface area contributed by atoms with E-state index >= 15 is 0 Å². The van der Waals surface area contributed by atoms with E-state index in [4.69, 9.17) is 5.73 Å². The van der Waals surface area contributed by atoms with Gasteiger partial charge in [-0.25, -0.2) is 0 Å². The second-order valence-corrected chi connectivity index (χ2v) is 5.87. The molecule has 2 aliphatic heterocycles. The summed E-state index contributed by atoms with van der Waals surface area (Å²) in [6.45, 7) is 4.22. The lowest BCUT2D eigenvalue weighted by Crippen LogP contribution is -2.38. The van der Waals surface area contributed by atoms with Gasteiger partial charge in [0.15, 0.2) is 0 Å². The average Bonchev–Trinajstić information content (AvgIpc) is 3.02. The fourth-order valence-corrected chi connectivity index (χ4v) is 3.27. The number of hydrogen-bond acceptors (Lipinski definition) is 3. The molecule has 3 rings (SSSR count). The summed E-state index contributed by atoms with van der Waals surface area (Å²) in [6.07, 6.45) is 4.37. The van der Waals surface area contributed by atoms with Crippen molar-refractivity contribution in [3.63, 3.8) is 0 Å². The van der Waals surface area contributed by atoms with Crippen LogP contribution in [0, 0.1) is 5.92 Å². The van der Waals surface area contributed by atoms with Crippen LogP contribution in [-0.4, -0.2) is 32.1 Å². The van der Waals surface area contributed by atoms with Crippen molar-refractivity contribution in [2.24, 2.45) is 11.7 Å². The fraction of sp³-hybridized carbons (Fsp3) is 0.562. The lowest BCUT2D eigenvalue weighted by Gasteiger charge is -2.32. The molecule has 4 heteroatoms. The van der Waals surface area contributed by atoms with E-state index in [2.05, 4.69) is 34.1 Å². The van der Waals surface area contributed by atoms with E-state index in [0.29, 0.717) is 0 Å². The van der Waals surface area contributed by atoms with Crippen molar-refractivity contribution in [1.82, 2.24) is 0 Å². The maximum atomic E-state index is 11.2. The number of primary amides is 1. The molecule has 0 bridgehead atoms. The molecule has 2 fully saturated rings. The maximum Gasteiger partial charge on any atom is 0.220 e. The van der Waals surface area contributed by atoms with Crippen LogP contribution in [-0.2, 0) is 4.79 Å². The van der Waals surface area contributed by atoms with Gasteiger partial charge in [-0.05, 0) is 49.9 Å². The lowest BCUT2D eigenvalue weighted by molar-refractivity contribution is -0.122. The van der Waals surface area contributed by atoms with Crippen LogP contribution >= 0.6 is 0 Å². The molecule has 0 saturated carbocycles. The van der Waals surface area contributed by atoms with Gasteiger partial charge in [0, 0.05) is 43.5 Å². The molecular formula is C16H23N3O. The van der Waals surface area contributed by atoms with Gasteiger partial charge in [-0.3, -0.25) is 4.79 Å². The zero-order valence-corrected chi connectivity index (χ0v) is 11.9. The summed E-state index contributed by atoms with van der Waals surface area (Å²) in [4.78, 5) is 16.0. The lowest BCUT2D eigenvalue weighted by atomic mass is 9.96. The molecule has 0 spiro atoms. The standard InChI is InChI=1S/C16H23N3O/c17-16(20)13-7-11-19(12-8-13)15-5-3-14(4-6-15)18-9-1-2-10-18/h3-6,13H,1-2,7-12H2,(H2,17,20). The molecule has 2 heterocycles. The number of benzene rings is 1. The first kappa shape index (κ1) is 13.3. The summed E-state index contributed by atoms with van der Waals surface area (Å²) in [7, 11) is 0. The van der Waals surface area contributed by atoms with Crippen molar-refractivity contribution in [3.05, 3.63) is 24.3 Å². The molecular weight excluding hydrogens is 250 g/mol. The predicted molar refractivity (Wildman–Crippen MR) is 82.0 cm³/mol. The number of carbonyl (C=O) groups is 1. The van der Waals surface area contributed by atoms with E-state index in [1.807, 2.05) is 0 Å². The first-order valence-electron chi connectivity index (χ1n) is 7.63. The van der Waals surface area contributed by atoms with E-state index < -0.39 is 0 Å². The Bertz CT molecular complexity index is 457. The Balaban J connectivity index is 1.62. The molecule has 2 aliphatic rings. The van der Waals surface area contributed by atoms with Crippen LogP contribution in [0.4, 0.5) is 11.4 Å². The molecule has 0 aliphatic carbocycles. The molecule has 0 aromatic heterocycles. The van der Waals surface area contributed by atoms with Crippen molar-refractivity contribution in [1.29, 1.82) is 0 Å². The van der Waals surface area contributed by atoms with Gasteiger partial charge in [-0.1, -0.05) is 0 Å². The van der Waals surface area contributed by atoms with Crippen molar-refractivity contribution in [2.45, 2.75) is 25.7 Å². The summed E-state index contributed by atoms with van der Waals surface area (Å²) in [5.41, 5.74) is 7.97. The van der Waals surface area contributed by atoms with Crippen molar-refractivity contribution >= 4 is 17.3 Å². The summed E-state index contributed by atoms with van der Waals surface area (Å²) < 4.78 is 0. The molecule has 0 radical (unpaired) electrons.